The minimum absolute atomic E-state index is 0.0867. The molecule has 0 unspecified atom stereocenters. The third-order valence-corrected chi connectivity index (χ3v) is 2.91. The number of carbonyl (C=O) groups is 1. The van der Waals surface area contributed by atoms with Crippen LogP contribution in [-0.4, -0.2) is 21.9 Å². The van der Waals surface area contributed by atoms with Crippen molar-refractivity contribution in [2.24, 2.45) is 5.73 Å². The van der Waals surface area contributed by atoms with Gasteiger partial charge in [-0.05, 0) is 31.0 Å². The van der Waals surface area contributed by atoms with Crippen LogP contribution in [0.3, 0.4) is 0 Å². The number of aryl methyl sites for hydroxylation is 2. The van der Waals surface area contributed by atoms with Crippen LogP contribution in [0.15, 0.2) is 24.7 Å². The number of halogens is 1. The molecule has 0 saturated heterocycles. The molecule has 0 radical (unpaired) electrons. The molecule has 0 bridgehead atoms. The Morgan fingerprint density at radius 3 is 2.79 bits per heavy atom. The predicted octanol–water partition coefficient (Wildman–Crippen LogP) is 1.83. The van der Waals surface area contributed by atoms with E-state index in [9.17, 15) is 9.18 Å². The van der Waals surface area contributed by atoms with Gasteiger partial charge in [0.2, 0.25) is 5.78 Å². The molecule has 0 aliphatic carbocycles. The number of benzene rings is 1. The number of nitrogens with two attached hydrogens (primary N) is 1. The van der Waals surface area contributed by atoms with Crippen LogP contribution in [0.2, 0.25) is 0 Å². The number of hydrogen-bond donors (Lipinski definition) is 1. The van der Waals surface area contributed by atoms with Crippen LogP contribution in [0.5, 0.6) is 0 Å². The number of imidazole rings is 1. The lowest BCUT2D eigenvalue weighted by molar-refractivity contribution is 0.103. The van der Waals surface area contributed by atoms with Crippen LogP contribution in [0.4, 0.5) is 4.39 Å². The lowest BCUT2D eigenvalue weighted by Crippen LogP contribution is -2.09. The van der Waals surface area contributed by atoms with Crippen LogP contribution in [0.25, 0.3) is 0 Å². The number of rotatable bonds is 4. The van der Waals surface area contributed by atoms with Crippen molar-refractivity contribution in [3.8, 4) is 0 Å². The first kappa shape index (κ1) is 13.4. The van der Waals surface area contributed by atoms with E-state index in [0.717, 1.165) is 5.56 Å². The van der Waals surface area contributed by atoms with Crippen LogP contribution in [0.1, 0.15) is 27.2 Å². The Morgan fingerprint density at radius 2 is 2.16 bits per heavy atom. The van der Waals surface area contributed by atoms with Crippen molar-refractivity contribution < 1.29 is 9.18 Å². The van der Waals surface area contributed by atoms with Crippen molar-refractivity contribution in [2.45, 2.75) is 20.4 Å². The Balaban J connectivity index is 2.38. The summed E-state index contributed by atoms with van der Waals surface area (Å²) in [7, 11) is 0. The van der Waals surface area contributed by atoms with Gasteiger partial charge in [0.05, 0.1) is 11.9 Å². The Hall–Kier alpha value is -2.01. The minimum atomic E-state index is -0.504. The summed E-state index contributed by atoms with van der Waals surface area (Å²) in [6, 6.07) is 3.14. The molecular weight excluding hydrogens is 245 g/mol. The average molecular weight is 261 g/mol. The van der Waals surface area contributed by atoms with Crippen molar-refractivity contribution in [2.75, 3.05) is 6.54 Å². The standard InChI is InChI=1S/C14H16FN3O/c1-9-5-10(2)13(11(15)6-9)14(19)12-7-18(4-3-16)8-17-12/h5-8H,3-4,16H2,1-2H3. The molecule has 1 aromatic carbocycles. The van der Waals surface area contributed by atoms with E-state index < -0.39 is 11.6 Å². The largest absolute Gasteiger partial charge is 0.335 e. The maximum atomic E-state index is 13.9. The van der Waals surface area contributed by atoms with Gasteiger partial charge in [0.15, 0.2) is 0 Å². The molecule has 5 heteroatoms. The summed E-state index contributed by atoms with van der Waals surface area (Å²) in [4.78, 5) is 16.3. The maximum Gasteiger partial charge on any atom is 0.216 e. The molecule has 1 aromatic heterocycles. The van der Waals surface area contributed by atoms with E-state index in [1.165, 1.54) is 12.4 Å². The summed E-state index contributed by atoms with van der Waals surface area (Å²) in [5.41, 5.74) is 7.16. The van der Waals surface area contributed by atoms with Gasteiger partial charge in [-0.1, -0.05) is 6.07 Å². The second-order valence-electron chi connectivity index (χ2n) is 4.55. The highest BCUT2D eigenvalue weighted by Crippen LogP contribution is 2.18. The first-order chi connectivity index (χ1) is 9.02. The van der Waals surface area contributed by atoms with Gasteiger partial charge in [-0.25, -0.2) is 9.37 Å². The third kappa shape index (κ3) is 2.71. The lowest BCUT2D eigenvalue weighted by Gasteiger charge is -2.06. The third-order valence-electron chi connectivity index (χ3n) is 2.91. The smallest absolute Gasteiger partial charge is 0.216 e. The predicted molar refractivity (Wildman–Crippen MR) is 70.6 cm³/mol. The summed E-state index contributed by atoms with van der Waals surface area (Å²) in [6.45, 7) is 4.55. The normalized spacial score (nSPS) is 10.7. The first-order valence-corrected chi connectivity index (χ1v) is 6.06. The summed E-state index contributed by atoms with van der Waals surface area (Å²) in [6.07, 6.45) is 3.12. The fraction of sp³-hybridized carbons (Fsp3) is 0.286. The van der Waals surface area contributed by atoms with Gasteiger partial charge >= 0.3 is 0 Å². The fourth-order valence-electron chi connectivity index (χ4n) is 2.08. The summed E-state index contributed by atoms with van der Waals surface area (Å²) in [5.74, 6) is -0.901. The van der Waals surface area contributed by atoms with E-state index in [1.807, 2.05) is 0 Å². The first-order valence-electron chi connectivity index (χ1n) is 6.06. The molecule has 2 N–H and O–H groups in total. The van der Waals surface area contributed by atoms with Gasteiger partial charge in [0.1, 0.15) is 11.5 Å². The van der Waals surface area contributed by atoms with Crippen molar-refractivity contribution >= 4 is 5.78 Å². The molecule has 19 heavy (non-hydrogen) atoms. The summed E-state index contributed by atoms with van der Waals surface area (Å²) in [5, 5.41) is 0. The monoisotopic (exact) mass is 261 g/mol. The zero-order valence-corrected chi connectivity index (χ0v) is 11.0. The molecule has 1 heterocycles. The van der Waals surface area contributed by atoms with Gasteiger partial charge in [0, 0.05) is 19.3 Å². The minimum Gasteiger partial charge on any atom is -0.335 e. The fourth-order valence-corrected chi connectivity index (χ4v) is 2.08. The van der Waals surface area contributed by atoms with Gasteiger partial charge in [0.25, 0.3) is 0 Å². The van der Waals surface area contributed by atoms with Gasteiger partial charge in [-0.15, -0.1) is 0 Å². The number of ketones is 1. The molecule has 100 valence electrons. The van der Waals surface area contributed by atoms with Crippen LogP contribution < -0.4 is 5.73 Å². The van der Waals surface area contributed by atoms with Crippen molar-refractivity contribution in [1.29, 1.82) is 0 Å². The van der Waals surface area contributed by atoms with E-state index >= 15 is 0 Å². The molecule has 0 spiro atoms. The molecule has 2 rings (SSSR count). The molecule has 2 aromatic rings. The van der Waals surface area contributed by atoms with Crippen molar-refractivity contribution in [1.82, 2.24) is 9.55 Å². The molecule has 0 saturated carbocycles. The quantitative estimate of drug-likeness (QED) is 0.854. The molecule has 0 fully saturated rings. The highest BCUT2D eigenvalue weighted by atomic mass is 19.1. The molecule has 0 atom stereocenters. The highest BCUT2D eigenvalue weighted by Gasteiger charge is 2.19. The van der Waals surface area contributed by atoms with Crippen molar-refractivity contribution in [3.05, 3.63) is 52.9 Å². The molecule has 0 aliphatic heterocycles. The number of nitrogens with zero attached hydrogens (tertiary/aromatic N) is 2. The SMILES string of the molecule is Cc1cc(C)c(C(=O)c2cn(CCN)cn2)c(F)c1. The van der Waals surface area contributed by atoms with Crippen molar-refractivity contribution in [3.63, 3.8) is 0 Å². The molecule has 4 nitrogen and oxygen atoms in total. The topological polar surface area (TPSA) is 60.9 Å². The maximum absolute atomic E-state index is 13.9. The average Bonchev–Trinajstić information content (AvgIpc) is 2.76. The molecule has 0 amide bonds. The lowest BCUT2D eigenvalue weighted by atomic mass is 10.00. The van der Waals surface area contributed by atoms with Crippen LogP contribution in [-0.2, 0) is 6.54 Å². The van der Waals surface area contributed by atoms with E-state index in [4.69, 9.17) is 5.73 Å². The second-order valence-corrected chi connectivity index (χ2v) is 4.55. The van der Waals surface area contributed by atoms with Crippen LogP contribution >= 0.6 is 0 Å². The number of carbonyl (C=O) groups excluding carboxylic acids is 1. The van der Waals surface area contributed by atoms with E-state index in [-0.39, 0.29) is 11.3 Å². The zero-order chi connectivity index (χ0) is 14.0. The highest BCUT2D eigenvalue weighted by molar-refractivity contribution is 6.08. The second kappa shape index (κ2) is 5.32. The Kier molecular flexibility index (Phi) is 3.76. The van der Waals surface area contributed by atoms with E-state index in [0.29, 0.717) is 18.7 Å². The number of aromatic nitrogens is 2. The number of hydrogen-bond acceptors (Lipinski definition) is 3. The zero-order valence-electron chi connectivity index (χ0n) is 11.0. The summed E-state index contributed by atoms with van der Waals surface area (Å²) < 4.78 is 15.6. The van der Waals surface area contributed by atoms with Gasteiger partial charge < -0.3 is 10.3 Å². The van der Waals surface area contributed by atoms with E-state index in [2.05, 4.69) is 4.98 Å². The Labute approximate surface area is 111 Å². The summed E-state index contributed by atoms with van der Waals surface area (Å²) >= 11 is 0. The molecule has 0 aliphatic rings. The Bertz CT molecular complexity index is 596. The van der Waals surface area contributed by atoms with E-state index in [1.54, 1.807) is 30.7 Å². The van der Waals surface area contributed by atoms with Crippen LogP contribution in [0, 0.1) is 19.7 Å². The van der Waals surface area contributed by atoms with Gasteiger partial charge in [-0.3, -0.25) is 4.79 Å². The molecular formula is C14H16FN3O. The van der Waals surface area contributed by atoms with Gasteiger partial charge in [-0.2, -0.15) is 0 Å². The Morgan fingerprint density at radius 1 is 1.42 bits per heavy atom.